The maximum absolute atomic E-state index is 10.9. The van der Waals surface area contributed by atoms with Crippen molar-refractivity contribution >= 4 is 18.6 Å². The fourth-order valence-electron chi connectivity index (χ4n) is 1.23. The van der Waals surface area contributed by atoms with Crippen molar-refractivity contribution in [2.75, 3.05) is 6.61 Å². The van der Waals surface area contributed by atoms with Crippen molar-refractivity contribution in [1.29, 1.82) is 0 Å². The minimum absolute atomic E-state index is 0.197. The number of esters is 1. The van der Waals surface area contributed by atoms with Gasteiger partial charge in [-0.2, -0.15) is 12.6 Å². The van der Waals surface area contributed by atoms with Crippen LogP contribution >= 0.6 is 12.6 Å². The lowest BCUT2D eigenvalue weighted by Gasteiger charge is -2.24. The summed E-state index contributed by atoms with van der Waals surface area (Å²) in [6, 6.07) is 0. The van der Waals surface area contributed by atoms with Gasteiger partial charge in [0.05, 0.1) is 11.9 Å². The molecule has 0 aromatic heterocycles. The fraction of sp³-hybridized carbons (Fsp3) is 0.889. The summed E-state index contributed by atoms with van der Waals surface area (Å²) in [7, 11) is 0. The summed E-state index contributed by atoms with van der Waals surface area (Å²) in [4.78, 5) is 10.9. The van der Waals surface area contributed by atoms with E-state index in [1.807, 2.05) is 0 Å². The molecule has 2 nitrogen and oxygen atoms in total. The number of hydrogen-bond acceptors (Lipinski definition) is 3. The molecule has 0 radical (unpaired) electrons. The highest BCUT2D eigenvalue weighted by atomic mass is 32.1. The van der Waals surface area contributed by atoms with Crippen LogP contribution in [0.1, 0.15) is 32.6 Å². The number of carbonyl (C=O) groups is 1. The molecule has 3 heteroatoms. The molecule has 0 bridgehead atoms. The molecule has 0 amide bonds. The lowest BCUT2D eigenvalue weighted by atomic mass is 9.83. The number of thiol groups is 1. The Labute approximate surface area is 79.1 Å². The van der Waals surface area contributed by atoms with E-state index in [0.717, 1.165) is 12.3 Å². The molecule has 0 aromatic rings. The van der Waals surface area contributed by atoms with Crippen LogP contribution in [0.3, 0.4) is 0 Å². The minimum atomic E-state index is -0.286. The van der Waals surface area contributed by atoms with Crippen LogP contribution in [0.5, 0.6) is 0 Å². The monoisotopic (exact) mass is 188 g/mol. The van der Waals surface area contributed by atoms with Gasteiger partial charge in [0.25, 0.3) is 0 Å². The van der Waals surface area contributed by atoms with Gasteiger partial charge in [-0.1, -0.05) is 19.3 Å². The first-order valence-corrected chi connectivity index (χ1v) is 5.06. The lowest BCUT2D eigenvalue weighted by molar-refractivity contribution is -0.143. The third-order valence-electron chi connectivity index (χ3n) is 2.34. The first-order valence-electron chi connectivity index (χ1n) is 4.55. The zero-order valence-electron chi connectivity index (χ0n) is 7.45. The first kappa shape index (κ1) is 9.90. The highest BCUT2D eigenvalue weighted by Crippen LogP contribution is 2.29. The Bertz CT molecular complexity index is 153. The van der Waals surface area contributed by atoms with Gasteiger partial charge in [0.1, 0.15) is 0 Å². The molecule has 1 aliphatic carbocycles. The topological polar surface area (TPSA) is 26.3 Å². The van der Waals surface area contributed by atoms with Gasteiger partial charge < -0.3 is 4.74 Å². The van der Waals surface area contributed by atoms with Crippen LogP contribution in [-0.2, 0) is 9.53 Å². The second kappa shape index (κ2) is 4.75. The predicted octanol–water partition coefficient (Wildman–Crippen LogP) is 2.04. The summed E-state index contributed by atoms with van der Waals surface area (Å²) in [5.41, 5.74) is 0. The zero-order valence-corrected chi connectivity index (χ0v) is 8.35. The van der Waals surface area contributed by atoms with Crippen molar-refractivity contribution in [3.8, 4) is 0 Å². The molecule has 1 saturated carbocycles. The quantitative estimate of drug-likeness (QED) is 0.540. The van der Waals surface area contributed by atoms with E-state index in [-0.39, 0.29) is 11.2 Å². The van der Waals surface area contributed by atoms with Crippen molar-refractivity contribution in [3.05, 3.63) is 0 Å². The lowest BCUT2D eigenvalue weighted by Crippen LogP contribution is -2.19. The predicted molar refractivity (Wildman–Crippen MR) is 51.4 cm³/mol. The molecule has 0 saturated heterocycles. The van der Waals surface area contributed by atoms with E-state index in [0.29, 0.717) is 6.61 Å². The van der Waals surface area contributed by atoms with Crippen LogP contribution in [0.25, 0.3) is 0 Å². The molecule has 1 aliphatic rings. The average Bonchev–Trinajstić information content (AvgIpc) is 1.93. The summed E-state index contributed by atoms with van der Waals surface area (Å²) in [5, 5.41) is -0.286. The number of ether oxygens (including phenoxy) is 1. The second-order valence-corrected chi connectivity index (χ2v) is 4.20. The van der Waals surface area contributed by atoms with Crippen LogP contribution in [0.15, 0.2) is 0 Å². The minimum Gasteiger partial charge on any atom is -0.465 e. The van der Waals surface area contributed by atoms with Crippen LogP contribution < -0.4 is 0 Å². The van der Waals surface area contributed by atoms with Gasteiger partial charge in [0.15, 0.2) is 0 Å². The van der Waals surface area contributed by atoms with Gasteiger partial charge in [0.2, 0.25) is 0 Å². The molecule has 0 N–H and O–H groups in total. The maximum Gasteiger partial charge on any atom is 0.318 e. The molecule has 1 atom stereocenters. The van der Waals surface area contributed by atoms with E-state index in [4.69, 9.17) is 4.74 Å². The van der Waals surface area contributed by atoms with Crippen LogP contribution in [0, 0.1) is 5.92 Å². The molecular weight excluding hydrogens is 172 g/mol. The van der Waals surface area contributed by atoms with Crippen LogP contribution in [0.4, 0.5) is 0 Å². The van der Waals surface area contributed by atoms with Gasteiger partial charge >= 0.3 is 5.97 Å². The van der Waals surface area contributed by atoms with Crippen molar-refractivity contribution in [2.45, 2.75) is 37.9 Å². The van der Waals surface area contributed by atoms with Gasteiger partial charge in [-0.25, -0.2) is 0 Å². The molecule has 0 aromatic carbocycles. The van der Waals surface area contributed by atoms with Crippen molar-refractivity contribution in [2.24, 2.45) is 5.92 Å². The second-order valence-electron chi connectivity index (χ2n) is 3.43. The number of rotatable bonds is 4. The molecule has 0 spiro atoms. The average molecular weight is 188 g/mol. The Morgan fingerprint density at radius 2 is 2.33 bits per heavy atom. The Hall–Kier alpha value is -0.180. The fourth-order valence-corrected chi connectivity index (χ4v) is 1.30. The van der Waals surface area contributed by atoms with E-state index in [1.54, 1.807) is 6.92 Å². The Balaban J connectivity index is 1.97. The Morgan fingerprint density at radius 3 is 2.75 bits per heavy atom. The first-order chi connectivity index (χ1) is 5.70. The normalized spacial score (nSPS) is 19.8. The van der Waals surface area contributed by atoms with E-state index in [9.17, 15) is 4.79 Å². The van der Waals surface area contributed by atoms with E-state index in [2.05, 4.69) is 12.6 Å². The molecule has 1 fully saturated rings. The number of carbonyl (C=O) groups excluding carboxylic acids is 1. The molecule has 70 valence electrons. The summed E-state index contributed by atoms with van der Waals surface area (Å²) in [6.07, 6.45) is 5.01. The smallest absolute Gasteiger partial charge is 0.318 e. The number of hydrogen-bond donors (Lipinski definition) is 1. The van der Waals surface area contributed by atoms with Crippen LogP contribution in [0.2, 0.25) is 0 Å². The molecular formula is C9H16O2S. The van der Waals surface area contributed by atoms with E-state index < -0.39 is 0 Å². The summed E-state index contributed by atoms with van der Waals surface area (Å²) < 4.78 is 4.99. The highest BCUT2D eigenvalue weighted by molar-refractivity contribution is 7.81. The van der Waals surface area contributed by atoms with Gasteiger partial charge in [-0.3, -0.25) is 4.79 Å². The van der Waals surface area contributed by atoms with Crippen molar-refractivity contribution in [1.82, 2.24) is 0 Å². The standard InChI is InChI=1S/C9H16O2S/c1-7(12)9(10)11-6-5-8-3-2-4-8/h7-8,12H,2-6H2,1H3. The van der Waals surface area contributed by atoms with Crippen molar-refractivity contribution < 1.29 is 9.53 Å². The Kier molecular flexibility index (Phi) is 3.92. The molecule has 1 rings (SSSR count). The zero-order chi connectivity index (χ0) is 8.97. The molecule has 0 heterocycles. The largest absolute Gasteiger partial charge is 0.465 e. The molecule has 0 aliphatic heterocycles. The summed E-state index contributed by atoms with van der Waals surface area (Å²) in [6.45, 7) is 2.31. The van der Waals surface area contributed by atoms with E-state index in [1.165, 1.54) is 19.3 Å². The Morgan fingerprint density at radius 1 is 1.67 bits per heavy atom. The third-order valence-corrected chi connectivity index (χ3v) is 2.55. The van der Waals surface area contributed by atoms with Gasteiger partial charge in [-0.05, 0) is 19.3 Å². The van der Waals surface area contributed by atoms with Crippen LogP contribution in [-0.4, -0.2) is 17.8 Å². The maximum atomic E-state index is 10.9. The van der Waals surface area contributed by atoms with Gasteiger partial charge in [-0.15, -0.1) is 0 Å². The molecule has 12 heavy (non-hydrogen) atoms. The molecule has 1 unspecified atom stereocenters. The highest BCUT2D eigenvalue weighted by Gasteiger charge is 2.18. The van der Waals surface area contributed by atoms with Gasteiger partial charge in [0, 0.05) is 0 Å². The third kappa shape index (κ3) is 3.05. The van der Waals surface area contributed by atoms with Crippen molar-refractivity contribution in [3.63, 3.8) is 0 Å². The summed E-state index contributed by atoms with van der Waals surface area (Å²) >= 11 is 3.98. The SMILES string of the molecule is CC(S)C(=O)OCCC1CCC1. The summed E-state index contributed by atoms with van der Waals surface area (Å²) in [5.74, 6) is 0.616. The van der Waals surface area contributed by atoms with E-state index >= 15 is 0 Å².